The van der Waals surface area contributed by atoms with Crippen molar-refractivity contribution in [3.63, 3.8) is 0 Å². The van der Waals surface area contributed by atoms with Gasteiger partial charge in [-0.15, -0.1) is 0 Å². The third-order valence-corrected chi connectivity index (χ3v) is 4.35. The molecule has 124 valence electrons. The molecule has 2 aromatic rings. The van der Waals surface area contributed by atoms with E-state index >= 15 is 0 Å². The topological polar surface area (TPSA) is 49.4 Å². The SMILES string of the molecule is O=C(Nc1ccc(F)c(Cl)c1)C1CCC(=O)N1c1ccc(Cl)cc1. The number of nitrogens with one attached hydrogen (secondary N) is 1. The Hall–Kier alpha value is -2.11. The molecule has 4 nitrogen and oxygen atoms in total. The molecule has 0 saturated carbocycles. The van der Waals surface area contributed by atoms with Crippen LogP contribution in [0.25, 0.3) is 0 Å². The second kappa shape index (κ2) is 6.79. The van der Waals surface area contributed by atoms with E-state index in [1.54, 1.807) is 24.3 Å². The van der Waals surface area contributed by atoms with Crippen molar-refractivity contribution in [3.8, 4) is 0 Å². The molecule has 1 saturated heterocycles. The highest BCUT2D eigenvalue weighted by molar-refractivity contribution is 6.31. The average Bonchev–Trinajstić information content (AvgIpc) is 2.93. The molecule has 3 rings (SSSR count). The highest BCUT2D eigenvalue weighted by Crippen LogP contribution is 2.29. The van der Waals surface area contributed by atoms with Gasteiger partial charge >= 0.3 is 0 Å². The van der Waals surface area contributed by atoms with Crippen LogP contribution >= 0.6 is 23.2 Å². The Balaban J connectivity index is 1.81. The molecule has 1 aliphatic rings. The van der Waals surface area contributed by atoms with Gasteiger partial charge < -0.3 is 5.32 Å². The van der Waals surface area contributed by atoms with Crippen molar-refractivity contribution in [2.45, 2.75) is 18.9 Å². The molecular weight excluding hydrogens is 354 g/mol. The third-order valence-electron chi connectivity index (χ3n) is 3.81. The van der Waals surface area contributed by atoms with Gasteiger partial charge in [0.05, 0.1) is 5.02 Å². The van der Waals surface area contributed by atoms with Crippen LogP contribution in [0.15, 0.2) is 42.5 Å². The zero-order valence-corrected chi connectivity index (χ0v) is 13.9. The van der Waals surface area contributed by atoms with E-state index in [0.717, 1.165) is 0 Å². The lowest BCUT2D eigenvalue weighted by molar-refractivity contribution is -0.120. The normalized spacial score (nSPS) is 17.2. The summed E-state index contributed by atoms with van der Waals surface area (Å²) in [5, 5.41) is 3.14. The molecule has 1 atom stereocenters. The van der Waals surface area contributed by atoms with E-state index in [0.29, 0.717) is 22.8 Å². The van der Waals surface area contributed by atoms with Crippen molar-refractivity contribution in [3.05, 3.63) is 58.3 Å². The molecule has 0 bridgehead atoms. The highest BCUT2D eigenvalue weighted by atomic mass is 35.5. The van der Waals surface area contributed by atoms with Crippen LogP contribution in [0.5, 0.6) is 0 Å². The lowest BCUT2D eigenvalue weighted by atomic mass is 10.2. The number of hydrogen-bond donors (Lipinski definition) is 1. The minimum absolute atomic E-state index is 0.0788. The molecule has 0 spiro atoms. The minimum atomic E-state index is -0.637. The Kier molecular flexibility index (Phi) is 4.73. The summed E-state index contributed by atoms with van der Waals surface area (Å²) in [5.41, 5.74) is 0.987. The summed E-state index contributed by atoms with van der Waals surface area (Å²) in [6, 6.07) is 10.0. The first-order valence-electron chi connectivity index (χ1n) is 7.29. The minimum Gasteiger partial charge on any atom is -0.324 e. The predicted molar refractivity (Wildman–Crippen MR) is 92.0 cm³/mol. The molecule has 1 fully saturated rings. The maximum atomic E-state index is 13.2. The van der Waals surface area contributed by atoms with E-state index in [1.807, 2.05) is 0 Å². The zero-order chi connectivity index (χ0) is 17.3. The summed E-state index contributed by atoms with van der Waals surface area (Å²) >= 11 is 11.6. The molecule has 1 N–H and O–H groups in total. The standard InChI is InChI=1S/C17H13Cl2FN2O2/c18-10-1-4-12(5-2-10)22-15(7-8-16(22)23)17(24)21-11-3-6-14(20)13(19)9-11/h1-6,9,15H,7-8H2,(H,21,24). The van der Waals surface area contributed by atoms with Crippen LogP contribution < -0.4 is 10.2 Å². The Labute approximate surface area is 148 Å². The first-order chi connectivity index (χ1) is 11.5. The number of halogens is 3. The Morgan fingerprint density at radius 3 is 2.54 bits per heavy atom. The molecule has 0 aromatic heterocycles. The zero-order valence-electron chi connectivity index (χ0n) is 12.4. The van der Waals surface area contributed by atoms with Crippen LogP contribution in [-0.2, 0) is 9.59 Å². The van der Waals surface area contributed by atoms with E-state index in [1.165, 1.54) is 23.1 Å². The van der Waals surface area contributed by atoms with Crippen molar-refractivity contribution in [1.29, 1.82) is 0 Å². The molecular formula is C17H13Cl2FN2O2. The number of benzene rings is 2. The number of carbonyl (C=O) groups is 2. The van der Waals surface area contributed by atoms with Gasteiger partial charge in [-0.05, 0) is 48.9 Å². The Morgan fingerprint density at radius 1 is 1.17 bits per heavy atom. The predicted octanol–water partition coefficient (Wildman–Crippen LogP) is 4.27. The van der Waals surface area contributed by atoms with Gasteiger partial charge in [-0.1, -0.05) is 23.2 Å². The van der Waals surface area contributed by atoms with Crippen molar-refractivity contribution in [2.75, 3.05) is 10.2 Å². The smallest absolute Gasteiger partial charge is 0.247 e. The van der Waals surface area contributed by atoms with Gasteiger partial charge in [-0.2, -0.15) is 0 Å². The molecule has 24 heavy (non-hydrogen) atoms. The molecule has 0 aliphatic carbocycles. The lowest BCUT2D eigenvalue weighted by Crippen LogP contribution is -2.41. The van der Waals surface area contributed by atoms with Gasteiger partial charge in [0.2, 0.25) is 11.8 Å². The van der Waals surface area contributed by atoms with E-state index in [2.05, 4.69) is 5.32 Å². The summed E-state index contributed by atoms with van der Waals surface area (Å²) in [4.78, 5) is 26.2. The second-order valence-corrected chi connectivity index (χ2v) is 6.26. The monoisotopic (exact) mass is 366 g/mol. The first-order valence-corrected chi connectivity index (χ1v) is 8.05. The number of carbonyl (C=O) groups excluding carboxylic acids is 2. The molecule has 1 heterocycles. The second-order valence-electron chi connectivity index (χ2n) is 5.41. The molecule has 2 amide bonds. The van der Waals surface area contributed by atoms with Gasteiger partial charge in [0.25, 0.3) is 0 Å². The summed E-state index contributed by atoms with van der Waals surface area (Å²) in [5.74, 6) is -1.04. The third kappa shape index (κ3) is 3.37. The van der Waals surface area contributed by atoms with Crippen LogP contribution in [0.4, 0.5) is 15.8 Å². The Bertz CT molecular complexity index is 796. The maximum absolute atomic E-state index is 13.2. The van der Waals surface area contributed by atoms with Gasteiger partial charge in [0, 0.05) is 22.8 Å². The maximum Gasteiger partial charge on any atom is 0.247 e. The van der Waals surface area contributed by atoms with Crippen LogP contribution in [0.1, 0.15) is 12.8 Å². The average molecular weight is 367 g/mol. The fourth-order valence-electron chi connectivity index (χ4n) is 2.66. The van der Waals surface area contributed by atoms with Crippen molar-refractivity contribution in [2.24, 2.45) is 0 Å². The molecule has 2 aromatic carbocycles. The molecule has 1 aliphatic heterocycles. The van der Waals surface area contributed by atoms with Gasteiger partial charge in [-0.3, -0.25) is 14.5 Å². The Morgan fingerprint density at radius 2 is 1.88 bits per heavy atom. The molecule has 1 unspecified atom stereocenters. The summed E-state index contributed by atoms with van der Waals surface area (Å²) in [7, 11) is 0. The number of hydrogen-bond acceptors (Lipinski definition) is 2. The van der Waals surface area contributed by atoms with Crippen molar-refractivity contribution >= 4 is 46.4 Å². The lowest BCUT2D eigenvalue weighted by Gasteiger charge is -2.24. The van der Waals surface area contributed by atoms with E-state index < -0.39 is 11.9 Å². The van der Waals surface area contributed by atoms with Crippen LogP contribution in [0, 0.1) is 5.82 Å². The highest BCUT2D eigenvalue weighted by Gasteiger charge is 2.37. The van der Waals surface area contributed by atoms with Gasteiger partial charge in [0.15, 0.2) is 0 Å². The number of rotatable bonds is 3. The molecule has 7 heteroatoms. The summed E-state index contributed by atoms with van der Waals surface area (Å²) in [6.45, 7) is 0. The van der Waals surface area contributed by atoms with Crippen molar-refractivity contribution < 1.29 is 14.0 Å². The first kappa shape index (κ1) is 16.7. The number of amides is 2. The fourth-order valence-corrected chi connectivity index (χ4v) is 2.96. The summed E-state index contributed by atoms with van der Waals surface area (Å²) in [6.07, 6.45) is 0.688. The largest absolute Gasteiger partial charge is 0.324 e. The quantitative estimate of drug-likeness (QED) is 0.881. The van der Waals surface area contributed by atoms with Crippen LogP contribution in [0.3, 0.4) is 0 Å². The van der Waals surface area contributed by atoms with Gasteiger partial charge in [0.1, 0.15) is 11.9 Å². The van der Waals surface area contributed by atoms with Crippen LogP contribution in [0.2, 0.25) is 10.0 Å². The van der Waals surface area contributed by atoms with E-state index in [4.69, 9.17) is 23.2 Å². The van der Waals surface area contributed by atoms with Gasteiger partial charge in [-0.25, -0.2) is 4.39 Å². The van der Waals surface area contributed by atoms with E-state index in [-0.39, 0.29) is 23.3 Å². The van der Waals surface area contributed by atoms with Crippen molar-refractivity contribution in [1.82, 2.24) is 0 Å². The summed E-state index contributed by atoms with van der Waals surface area (Å²) < 4.78 is 13.2. The number of nitrogens with zero attached hydrogens (tertiary/aromatic N) is 1. The molecule has 0 radical (unpaired) electrons. The van der Waals surface area contributed by atoms with E-state index in [9.17, 15) is 14.0 Å². The fraction of sp³-hybridized carbons (Fsp3) is 0.176. The number of anilines is 2. The van der Waals surface area contributed by atoms with Crippen LogP contribution in [-0.4, -0.2) is 17.9 Å².